The van der Waals surface area contributed by atoms with Gasteiger partial charge in [-0.1, -0.05) is 37.7 Å². The molecule has 2 N–H and O–H groups in total. The first kappa shape index (κ1) is 23.4. The summed E-state index contributed by atoms with van der Waals surface area (Å²) in [6.45, 7) is 6.10. The Bertz CT molecular complexity index is 1330. The molecule has 2 aromatic carbocycles. The summed E-state index contributed by atoms with van der Waals surface area (Å²) in [5.41, 5.74) is 3.26. The molecular weight excluding hydrogens is 444 g/mol. The van der Waals surface area contributed by atoms with Gasteiger partial charge in [0.2, 0.25) is 5.91 Å². The third-order valence-electron chi connectivity index (χ3n) is 5.42. The predicted molar refractivity (Wildman–Crippen MR) is 136 cm³/mol. The molecule has 6 nitrogen and oxygen atoms in total. The number of hydrogen-bond acceptors (Lipinski definition) is 5. The number of benzene rings is 2. The molecule has 1 amide bonds. The van der Waals surface area contributed by atoms with Crippen LogP contribution in [0, 0.1) is 6.92 Å². The van der Waals surface area contributed by atoms with Gasteiger partial charge >= 0.3 is 0 Å². The Morgan fingerprint density at radius 3 is 2.29 bits per heavy atom. The summed E-state index contributed by atoms with van der Waals surface area (Å²) in [7, 11) is 0. The lowest BCUT2D eigenvalue weighted by Crippen LogP contribution is -2.23. The van der Waals surface area contributed by atoms with E-state index in [-0.39, 0.29) is 17.9 Å². The molecule has 0 aliphatic carbocycles. The zero-order valence-corrected chi connectivity index (χ0v) is 20.1. The van der Waals surface area contributed by atoms with E-state index in [9.17, 15) is 9.59 Å². The van der Waals surface area contributed by atoms with Gasteiger partial charge in [-0.2, -0.15) is 0 Å². The third kappa shape index (κ3) is 5.80. The maximum atomic E-state index is 12.6. The van der Waals surface area contributed by atoms with Crippen molar-refractivity contribution in [3.05, 3.63) is 100 Å². The fraction of sp³-hybridized carbons (Fsp3) is 0.185. The Balaban J connectivity index is 1.39. The van der Waals surface area contributed by atoms with Crippen LogP contribution in [0.15, 0.2) is 87.6 Å². The zero-order chi connectivity index (χ0) is 24.1. The summed E-state index contributed by atoms with van der Waals surface area (Å²) in [6, 6.07) is 19.8. The van der Waals surface area contributed by atoms with Crippen LogP contribution >= 0.6 is 11.8 Å². The second-order valence-corrected chi connectivity index (χ2v) is 9.44. The summed E-state index contributed by atoms with van der Waals surface area (Å²) in [4.78, 5) is 38.7. The van der Waals surface area contributed by atoms with E-state index in [1.807, 2.05) is 30.3 Å². The molecule has 7 heteroatoms. The smallest absolute Gasteiger partial charge is 0.255 e. The van der Waals surface area contributed by atoms with E-state index < -0.39 is 0 Å². The maximum absolute atomic E-state index is 12.6. The van der Waals surface area contributed by atoms with Gasteiger partial charge in [-0.3, -0.25) is 14.6 Å². The lowest BCUT2D eigenvalue weighted by Gasteiger charge is -2.09. The molecule has 0 saturated heterocycles. The van der Waals surface area contributed by atoms with Crippen LogP contribution in [0.2, 0.25) is 0 Å². The SMILES string of the molecule is Cc1nc(-c2cccnc2)[nH]c(=O)c1CC(=O)Nc1ccc(Sc2ccc(C(C)C)cc2)cc1. The van der Waals surface area contributed by atoms with Gasteiger partial charge in [0, 0.05) is 44.7 Å². The zero-order valence-electron chi connectivity index (χ0n) is 19.3. The number of anilines is 1. The number of aryl methyl sites for hydroxylation is 1. The van der Waals surface area contributed by atoms with Crippen molar-refractivity contribution in [3.63, 3.8) is 0 Å². The average Bonchev–Trinajstić information content (AvgIpc) is 2.83. The lowest BCUT2D eigenvalue weighted by molar-refractivity contribution is -0.115. The minimum atomic E-state index is -0.322. The molecule has 4 aromatic rings. The number of amides is 1. The fourth-order valence-electron chi connectivity index (χ4n) is 3.49. The Morgan fingerprint density at radius 2 is 1.71 bits per heavy atom. The van der Waals surface area contributed by atoms with Crippen molar-refractivity contribution in [2.24, 2.45) is 0 Å². The molecule has 4 rings (SSSR count). The quantitative estimate of drug-likeness (QED) is 0.367. The van der Waals surface area contributed by atoms with Crippen molar-refractivity contribution in [2.45, 2.75) is 42.9 Å². The number of H-pyrrole nitrogens is 1. The van der Waals surface area contributed by atoms with E-state index in [4.69, 9.17) is 0 Å². The molecule has 172 valence electrons. The first-order valence-corrected chi connectivity index (χ1v) is 11.9. The number of carbonyl (C=O) groups excluding carboxylic acids is 1. The Labute approximate surface area is 202 Å². The first-order valence-electron chi connectivity index (χ1n) is 11.1. The second-order valence-electron chi connectivity index (χ2n) is 8.30. The summed E-state index contributed by atoms with van der Waals surface area (Å²) >= 11 is 1.67. The fourth-order valence-corrected chi connectivity index (χ4v) is 4.30. The number of rotatable bonds is 7. The molecular formula is C27H26N4O2S. The molecule has 34 heavy (non-hydrogen) atoms. The number of aromatic amines is 1. The van der Waals surface area contributed by atoms with Crippen molar-refractivity contribution < 1.29 is 4.79 Å². The molecule has 0 saturated carbocycles. The monoisotopic (exact) mass is 470 g/mol. The van der Waals surface area contributed by atoms with Crippen molar-refractivity contribution in [1.82, 2.24) is 15.0 Å². The van der Waals surface area contributed by atoms with Crippen LogP contribution in [0.1, 0.15) is 36.6 Å². The standard InChI is InChI=1S/C27H26N4O2S/c1-17(2)19-6-10-22(11-7-19)34-23-12-8-21(9-13-23)30-25(32)15-24-18(3)29-26(31-27(24)33)20-5-4-14-28-16-20/h4-14,16-17H,15H2,1-3H3,(H,30,32)(H,29,31,33). The largest absolute Gasteiger partial charge is 0.326 e. The van der Waals surface area contributed by atoms with Crippen molar-refractivity contribution in [1.29, 1.82) is 0 Å². The minimum Gasteiger partial charge on any atom is -0.326 e. The number of nitrogens with one attached hydrogen (secondary N) is 2. The molecule has 0 radical (unpaired) electrons. The van der Waals surface area contributed by atoms with E-state index in [0.717, 1.165) is 9.79 Å². The molecule has 0 aliphatic rings. The molecule has 2 heterocycles. The van der Waals surface area contributed by atoms with Crippen LogP contribution in [0.3, 0.4) is 0 Å². The van der Waals surface area contributed by atoms with Crippen LogP contribution < -0.4 is 10.9 Å². The van der Waals surface area contributed by atoms with Crippen LogP contribution in [0.4, 0.5) is 5.69 Å². The van der Waals surface area contributed by atoms with E-state index in [1.165, 1.54) is 5.56 Å². The summed E-state index contributed by atoms with van der Waals surface area (Å²) in [5.74, 6) is 0.678. The van der Waals surface area contributed by atoms with Gasteiger partial charge in [0.25, 0.3) is 5.56 Å². The predicted octanol–water partition coefficient (Wildman–Crippen LogP) is 5.60. The summed E-state index contributed by atoms with van der Waals surface area (Å²) < 4.78 is 0. The number of hydrogen-bond donors (Lipinski definition) is 2. The van der Waals surface area contributed by atoms with Crippen LogP contribution in [0.5, 0.6) is 0 Å². The van der Waals surface area contributed by atoms with Gasteiger partial charge in [0.1, 0.15) is 5.82 Å². The number of aromatic nitrogens is 3. The second kappa shape index (κ2) is 10.5. The topological polar surface area (TPSA) is 87.7 Å². The molecule has 0 atom stereocenters. The van der Waals surface area contributed by atoms with Crippen LogP contribution in [0.25, 0.3) is 11.4 Å². The van der Waals surface area contributed by atoms with Gasteiger partial charge in [0.05, 0.1) is 6.42 Å². The highest BCUT2D eigenvalue weighted by molar-refractivity contribution is 7.99. The van der Waals surface area contributed by atoms with Gasteiger partial charge < -0.3 is 10.3 Å². The van der Waals surface area contributed by atoms with Gasteiger partial charge in [0.15, 0.2) is 0 Å². The molecule has 0 aliphatic heterocycles. The van der Waals surface area contributed by atoms with Crippen molar-refractivity contribution >= 4 is 23.4 Å². The van der Waals surface area contributed by atoms with Gasteiger partial charge in [-0.25, -0.2) is 4.98 Å². The van der Waals surface area contributed by atoms with E-state index >= 15 is 0 Å². The van der Waals surface area contributed by atoms with Crippen LogP contribution in [-0.2, 0) is 11.2 Å². The number of carbonyl (C=O) groups is 1. The first-order chi connectivity index (χ1) is 16.4. The van der Waals surface area contributed by atoms with E-state index in [1.54, 1.807) is 37.1 Å². The highest BCUT2D eigenvalue weighted by Gasteiger charge is 2.14. The molecule has 0 fully saturated rings. The highest BCUT2D eigenvalue weighted by atomic mass is 32.2. The average molecular weight is 471 g/mol. The van der Waals surface area contributed by atoms with Crippen LogP contribution in [-0.4, -0.2) is 20.9 Å². The normalized spacial score (nSPS) is 10.9. The summed E-state index contributed by atoms with van der Waals surface area (Å²) in [6.07, 6.45) is 3.23. The lowest BCUT2D eigenvalue weighted by atomic mass is 10.0. The Kier molecular flexibility index (Phi) is 7.23. The van der Waals surface area contributed by atoms with Crippen molar-refractivity contribution in [2.75, 3.05) is 5.32 Å². The third-order valence-corrected chi connectivity index (χ3v) is 6.43. The number of nitrogens with zero attached hydrogens (tertiary/aromatic N) is 2. The van der Waals surface area contributed by atoms with Crippen molar-refractivity contribution in [3.8, 4) is 11.4 Å². The van der Waals surface area contributed by atoms with Gasteiger partial charge in [-0.05, 0) is 66.9 Å². The highest BCUT2D eigenvalue weighted by Crippen LogP contribution is 2.29. The molecule has 2 aromatic heterocycles. The maximum Gasteiger partial charge on any atom is 0.255 e. The number of pyridine rings is 1. The summed E-state index contributed by atoms with van der Waals surface area (Å²) in [5, 5.41) is 2.86. The Morgan fingerprint density at radius 1 is 1.03 bits per heavy atom. The van der Waals surface area contributed by atoms with E-state index in [0.29, 0.717) is 34.3 Å². The molecule has 0 unspecified atom stereocenters. The molecule has 0 bridgehead atoms. The van der Waals surface area contributed by atoms with Gasteiger partial charge in [-0.15, -0.1) is 0 Å². The molecule has 0 spiro atoms. The Hall–Kier alpha value is -3.71. The van der Waals surface area contributed by atoms with E-state index in [2.05, 4.69) is 58.4 Å². The minimum absolute atomic E-state index is 0.0554.